The molecular weight excluding hydrogens is 337 g/mol. The van der Waals surface area contributed by atoms with Crippen LogP contribution in [-0.4, -0.2) is 23.6 Å². The van der Waals surface area contributed by atoms with E-state index in [1.54, 1.807) is 50.2 Å². The van der Waals surface area contributed by atoms with Gasteiger partial charge < -0.3 is 15.2 Å². The Morgan fingerprint density at radius 1 is 1.08 bits per heavy atom. The number of carbonyl (C=O) groups is 2. The zero-order valence-corrected chi connectivity index (χ0v) is 14.8. The Balaban J connectivity index is 1.94. The number of benzene rings is 2. The molecule has 5 nitrogen and oxygen atoms in total. The first-order chi connectivity index (χ1) is 12.3. The summed E-state index contributed by atoms with van der Waals surface area (Å²) in [7, 11) is 0. The molecule has 26 heavy (non-hydrogen) atoms. The lowest BCUT2D eigenvalue weighted by molar-refractivity contribution is -0.137. The lowest BCUT2D eigenvalue weighted by Gasteiger charge is -2.24. The molecule has 2 aromatic rings. The van der Waals surface area contributed by atoms with E-state index in [4.69, 9.17) is 9.84 Å². The zero-order chi connectivity index (χ0) is 19.2. The molecule has 0 atom stereocenters. The first-order valence-corrected chi connectivity index (χ1v) is 8.31. The predicted octanol–water partition coefficient (Wildman–Crippen LogP) is 3.99. The van der Waals surface area contributed by atoms with Crippen LogP contribution < -0.4 is 10.1 Å². The third kappa shape index (κ3) is 5.31. The molecule has 0 fully saturated rings. The molecule has 1 amide bonds. The molecule has 0 aliphatic carbocycles. The molecule has 0 aliphatic heterocycles. The summed E-state index contributed by atoms with van der Waals surface area (Å²) in [6.45, 7) is 3.86. The summed E-state index contributed by atoms with van der Waals surface area (Å²) in [6.07, 6.45) is 0.492. The topological polar surface area (TPSA) is 75.6 Å². The molecule has 0 unspecified atom stereocenters. The van der Waals surface area contributed by atoms with Crippen molar-refractivity contribution in [1.29, 1.82) is 0 Å². The van der Waals surface area contributed by atoms with Gasteiger partial charge in [0, 0.05) is 12.1 Å². The van der Waals surface area contributed by atoms with Gasteiger partial charge in [-0.15, -0.1) is 0 Å². The third-order valence-corrected chi connectivity index (χ3v) is 4.05. The van der Waals surface area contributed by atoms with Crippen molar-refractivity contribution in [1.82, 2.24) is 0 Å². The second kappa shape index (κ2) is 8.47. The number of hydrogen-bond donors (Lipinski definition) is 2. The molecule has 0 saturated carbocycles. The zero-order valence-electron chi connectivity index (χ0n) is 14.8. The summed E-state index contributed by atoms with van der Waals surface area (Å²) in [5.74, 6) is -0.801. The van der Waals surface area contributed by atoms with Crippen molar-refractivity contribution in [3.05, 3.63) is 59.9 Å². The van der Waals surface area contributed by atoms with Crippen LogP contribution in [-0.2, 0) is 15.0 Å². The predicted molar refractivity (Wildman–Crippen MR) is 96.9 cm³/mol. The molecule has 0 bridgehead atoms. The monoisotopic (exact) mass is 359 g/mol. The smallest absolute Gasteiger partial charge is 0.303 e. The maximum absolute atomic E-state index is 13.1. The molecule has 2 N–H and O–H groups in total. The summed E-state index contributed by atoms with van der Waals surface area (Å²) in [6, 6.07) is 12.7. The fourth-order valence-electron chi connectivity index (χ4n) is 2.33. The van der Waals surface area contributed by atoms with Crippen molar-refractivity contribution in [3.63, 3.8) is 0 Å². The molecule has 2 aromatic carbocycles. The van der Waals surface area contributed by atoms with Gasteiger partial charge in [-0.3, -0.25) is 9.59 Å². The Hall–Kier alpha value is -2.89. The van der Waals surface area contributed by atoms with E-state index in [9.17, 15) is 14.0 Å². The minimum Gasteiger partial charge on any atom is -0.494 e. The Morgan fingerprint density at radius 2 is 1.69 bits per heavy atom. The van der Waals surface area contributed by atoms with Gasteiger partial charge in [0.25, 0.3) is 0 Å². The summed E-state index contributed by atoms with van der Waals surface area (Å²) in [5.41, 5.74) is 0.512. The van der Waals surface area contributed by atoms with Crippen molar-refractivity contribution in [3.8, 4) is 5.75 Å². The van der Waals surface area contributed by atoms with Crippen LogP contribution in [0, 0.1) is 5.82 Å². The molecule has 2 rings (SSSR count). The van der Waals surface area contributed by atoms with Crippen LogP contribution >= 0.6 is 0 Å². The van der Waals surface area contributed by atoms with Gasteiger partial charge in [0.2, 0.25) is 5.91 Å². The van der Waals surface area contributed by atoms with Crippen molar-refractivity contribution < 1.29 is 23.8 Å². The number of anilines is 1. The summed E-state index contributed by atoms with van der Waals surface area (Å²) >= 11 is 0. The van der Waals surface area contributed by atoms with Crippen molar-refractivity contribution in [2.45, 2.75) is 32.1 Å². The van der Waals surface area contributed by atoms with Crippen molar-refractivity contribution in [2.75, 3.05) is 11.9 Å². The molecule has 0 aliphatic rings. The van der Waals surface area contributed by atoms with Gasteiger partial charge in [0.1, 0.15) is 11.6 Å². The molecule has 6 heteroatoms. The highest BCUT2D eigenvalue weighted by Crippen LogP contribution is 2.26. The molecule has 138 valence electrons. The van der Waals surface area contributed by atoms with Crippen LogP contribution in [0.5, 0.6) is 5.75 Å². The average molecular weight is 359 g/mol. The number of carboxylic acid groups (broad SMARTS) is 1. The lowest BCUT2D eigenvalue weighted by Crippen LogP contribution is -2.34. The number of aliphatic carboxylic acids is 1. The average Bonchev–Trinajstić information content (AvgIpc) is 2.60. The van der Waals surface area contributed by atoms with E-state index in [-0.39, 0.29) is 18.1 Å². The van der Waals surface area contributed by atoms with Crippen LogP contribution in [0.1, 0.15) is 32.3 Å². The minimum absolute atomic E-state index is 0.0621. The summed E-state index contributed by atoms with van der Waals surface area (Å²) in [4.78, 5) is 23.0. The first kappa shape index (κ1) is 19.4. The van der Waals surface area contributed by atoms with E-state index >= 15 is 0 Å². The van der Waals surface area contributed by atoms with E-state index in [1.807, 2.05) is 0 Å². The molecule has 0 heterocycles. The fourth-order valence-corrected chi connectivity index (χ4v) is 2.33. The van der Waals surface area contributed by atoms with Gasteiger partial charge in [0.15, 0.2) is 0 Å². The van der Waals surface area contributed by atoms with Gasteiger partial charge >= 0.3 is 5.97 Å². The number of amides is 1. The standard InChI is InChI=1S/C20H22FNO4/c1-20(2,14-5-7-15(21)8-6-14)19(25)22-16-9-11-17(12-10-16)26-13-3-4-18(23)24/h5-12H,3-4,13H2,1-2H3,(H,22,25)(H,23,24). The Bertz CT molecular complexity index is 754. The number of nitrogens with one attached hydrogen (secondary N) is 1. The van der Waals surface area contributed by atoms with E-state index in [0.29, 0.717) is 24.5 Å². The van der Waals surface area contributed by atoms with Crippen LogP contribution in [0.2, 0.25) is 0 Å². The normalized spacial score (nSPS) is 11.0. The molecule has 0 spiro atoms. The SMILES string of the molecule is CC(C)(C(=O)Nc1ccc(OCCCC(=O)O)cc1)c1ccc(F)cc1. The van der Waals surface area contributed by atoms with E-state index < -0.39 is 11.4 Å². The Kier molecular flexibility index (Phi) is 6.33. The number of rotatable bonds is 8. The van der Waals surface area contributed by atoms with Crippen LogP contribution in [0.25, 0.3) is 0 Å². The number of halogens is 1. The molecule has 0 aromatic heterocycles. The third-order valence-electron chi connectivity index (χ3n) is 4.05. The lowest BCUT2D eigenvalue weighted by atomic mass is 9.83. The van der Waals surface area contributed by atoms with E-state index in [1.165, 1.54) is 12.1 Å². The fraction of sp³-hybridized carbons (Fsp3) is 0.300. The van der Waals surface area contributed by atoms with Gasteiger partial charge in [-0.1, -0.05) is 12.1 Å². The second-order valence-electron chi connectivity index (χ2n) is 6.46. The number of hydrogen-bond acceptors (Lipinski definition) is 3. The Morgan fingerprint density at radius 3 is 2.27 bits per heavy atom. The summed E-state index contributed by atoms with van der Waals surface area (Å²) < 4.78 is 18.5. The van der Waals surface area contributed by atoms with Gasteiger partial charge in [-0.05, 0) is 62.2 Å². The van der Waals surface area contributed by atoms with Crippen LogP contribution in [0.4, 0.5) is 10.1 Å². The quantitative estimate of drug-likeness (QED) is 0.699. The maximum atomic E-state index is 13.1. The van der Waals surface area contributed by atoms with Crippen LogP contribution in [0.3, 0.4) is 0 Å². The van der Waals surface area contributed by atoms with Gasteiger partial charge in [0.05, 0.1) is 12.0 Å². The van der Waals surface area contributed by atoms with E-state index in [0.717, 1.165) is 5.56 Å². The number of carboxylic acids is 1. The summed E-state index contributed by atoms with van der Waals surface area (Å²) in [5, 5.41) is 11.4. The van der Waals surface area contributed by atoms with Crippen molar-refractivity contribution in [2.24, 2.45) is 0 Å². The highest BCUT2D eigenvalue weighted by atomic mass is 19.1. The van der Waals surface area contributed by atoms with Crippen molar-refractivity contribution >= 4 is 17.6 Å². The van der Waals surface area contributed by atoms with Gasteiger partial charge in [-0.25, -0.2) is 4.39 Å². The maximum Gasteiger partial charge on any atom is 0.303 e. The highest BCUT2D eigenvalue weighted by Gasteiger charge is 2.29. The molecule has 0 saturated heterocycles. The second-order valence-corrected chi connectivity index (χ2v) is 6.46. The Labute approximate surface area is 151 Å². The number of ether oxygens (including phenoxy) is 1. The highest BCUT2D eigenvalue weighted by molar-refractivity contribution is 5.98. The molecule has 0 radical (unpaired) electrons. The molecular formula is C20H22FNO4. The number of carbonyl (C=O) groups excluding carboxylic acids is 1. The largest absolute Gasteiger partial charge is 0.494 e. The van der Waals surface area contributed by atoms with E-state index in [2.05, 4.69) is 5.32 Å². The first-order valence-electron chi connectivity index (χ1n) is 8.31. The van der Waals surface area contributed by atoms with Gasteiger partial charge in [-0.2, -0.15) is 0 Å². The van der Waals surface area contributed by atoms with Crippen LogP contribution in [0.15, 0.2) is 48.5 Å². The minimum atomic E-state index is -0.851.